The summed E-state index contributed by atoms with van der Waals surface area (Å²) in [6.07, 6.45) is 0.643. The first kappa shape index (κ1) is 18.9. The third-order valence-electron chi connectivity index (χ3n) is 4.70. The van der Waals surface area contributed by atoms with Gasteiger partial charge in [-0.3, -0.25) is 14.0 Å². The Morgan fingerprint density at radius 1 is 1.28 bits per heavy atom. The molecule has 0 aliphatic rings. The normalized spacial score (nSPS) is 11.5. The van der Waals surface area contributed by atoms with Crippen molar-refractivity contribution in [2.24, 2.45) is 0 Å². The predicted molar refractivity (Wildman–Crippen MR) is 104 cm³/mol. The zero-order valence-electron chi connectivity index (χ0n) is 15.9. The number of aromatic amines is 1. The Balaban J connectivity index is 1.69. The first-order valence-electron chi connectivity index (χ1n) is 9.07. The number of fused-ring (bicyclic) bond motifs is 1. The summed E-state index contributed by atoms with van der Waals surface area (Å²) >= 11 is 0. The zero-order valence-corrected chi connectivity index (χ0v) is 15.9. The molecule has 7 nitrogen and oxygen atoms in total. The number of ether oxygens (including phenoxy) is 1. The van der Waals surface area contributed by atoms with Crippen LogP contribution in [0.1, 0.15) is 24.7 Å². The lowest BCUT2D eigenvalue weighted by molar-refractivity contribution is 0.134. The molecule has 1 aromatic carbocycles. The maximum atomic E-state index is 13.3. The van der Waals surface area contributed by atoms with Gasteiger partial charge in [0.2, 0.25) is 0 Å². The number of nitrogens with zero attached hydrogens (tertiary/aromatic N) is 4. The molecule has 0 atom stereocenters. The summed E-state index contributed by atoms with van der Waals surface area (Å²) in [5.74, 6) is 0.239. The van der Waals surface area contributed by atoms with Gasteiger partial charge in [0.25, 0.3) is 12.0 Å². The number of rotatable bonds is 6. The van der Waals surface area contributed by atoms with E-state index in [1.165, 1.54) is 0 Å². The molecule has 1 N–H and O–H groups in total. The minimum Gasteiger partial charge on any atom is -0.497 e. The number of nitrogens with one attached hydrogen (secondary N) is 1. The highest BCUT2D eigenvalue weighted by Gasteiger charge is 2.19. The topological polar surface area (TPSA) is 77.7 Å². The van der Waals surface area contributed by atoms with Gasteiger partial charge in [0, 0.05) is 18.3 Å². The van der Waals surface area contributed by atoms with Gasteiger partial charge in [-0.15, -0.1) is 0 Å². The van der Waals surface area contributed by atoms with Gasteiger partial charge < -0.3 is 9.72 Å². The highest BCUT2D eigenvalue weighted by Crippen LogP contribution is 2.24. The Hall–Kier alpha value is -3.49. The lowest BCUT2D eigenvalue weighted by Crippen LogP contribution is -2.24. The summed E-state index contributed by atoms with van der Waals surface area (Å²) in [6.45, 7) is 2.29. The largest absolute Gasteiger partial charge is 0.497 e. The maximum Gasteiger partial charge on any atom is 0.295 e. The summed E-state index contributed by atoms with van der Waals surface area (Å²) in [7, 11) is 1.61. The quantitative estimate of drug-likeness (QED) is 0.537. The first-order valence-corrected chi connectivity index (χ1v) is 9.07. The van der Waals surface area contributed by atoms with Gasteiger partial charge in [0.1, 0.15) is 11.3 Å². The molecular weight excluding hydrogens is 380 g/mol. The number of halogens is 2. The molecule has 0 saturated heterocycles. The Morgan fingerprint density at radius 2 is 2.10 bits per heavy atom. The van der Waals surface area contributed by atoms with Crippen LogP contribution in [0.2, 0.25) is 0 Å². The lowest BCUT2D eigenvalue weighted by Gasteiger charge is -2.08. The number of H-pyrrole nitrogens is 1. The maximum absolute atomic E-state index is 13.3. The fourth-order valence-electron chi connectivity index (χ4n) is 3.29. The summed E-state index contributed by atoms with van der Waals surface area (Å²) < 4.78 is 34.5. The number of hydrogen-bond acceptors (Lipinski definition) is 4. The van der Waals surface area contributed by atoms with Gasteiger partial charge >= 0.3 is 0 Å². The third kappa shape index (κ3) is 3.51. The van der Waals surface area contributed by atoms with Gasteiger partial charge in [-0.05, 0) is 30.7 Å². The molecule has 0 radical (unpaired) electrons. The van der Waals surface area contributed by atoms with Crippen LogP contribution in [-0.2, 0) is 13.1 Å². The Morgan fingerprint density at radius 3 is 2.83 bits per heavy atom. The molecule has 0 spiro atoms. The average Bonchev–Trinajstić information content (AvgIpc) is 3.35. The second-order valence-corrected chi connectivity index (χ2v) is 6.54. The van der Waals surface area contributed by atoms with Crippen molar-refractivity contribution in [3.8, 4) is 17.0 Å². The number of benzene rings is 1. The van der Waals surface area contributed by atoms with E-state index in [-0.39, 0.29) is 17.6 Å². The highest BCUT2D eigenvalue weighted by atomic mass is 19.3. The van der Waals surface area contributed by atoms with E-state index in [4.69, 9.17) is 4.74 Å². The van der Waals surface area contributed by atoms with Crippen molar-refractivity contribution in [1.82, 2.24) is 24.3 Å². The number of methoxy groups -OCH3 is 1. The van der Waals surface area contributed by atoms with Crippen LogP contribution in [0.4, 0.5) is 8.78 Å². The lowest BCUT2D eigenvalue weighted by atomic mass is 10.2. The van der Waals surface area contributed by atoms with Crippen LogP contribution in [-0.4, -0.2) is 31.4 Å². The Labute approximate surface area is 164 Å². The Bertz CT molecular complexity index is 1230. The summed E-state index contributed by atoms with van der Waals surface area (Å²) in [4.78, 5) is 19.6. The van der Waals surface area contributed by atoms with Crippen molar-refractivity contribution >= 4 is 11.0 Å². The van der Waals surface area contributed by atoms with Crippen LogP contribution in [0.15, 0.2) is 47.5 Å². The molecule has 0 saturated carbocycles. The van der Waals surface area contributed by atoms with Crippen LogP contribution in [0.3, 0.4) is 0 Å². The Kier molecular flexibility index (Phi) is 4.87. The molecule has 0 fully saturated rings. The molecule has 4 aromatic rings. The monoisotopic (exact) mass is 399 g/mol. The average molecular weight is 399 g/mol. The second kappa shape index (κ2) is 7.50. The van der Waals surface area contributed by atoms with Crippen LogP contribution >= 0.6 is 0 Å². The van der Waals surface area contributed by atoms with Crippen molar-refractivity contribution in [1.29, 1.82) is 0 Å². The van der Waals surface area contributed by atoms with Crippen molar-refractivity contribution in [3.63, 3.8) is 0 Å². The smallest absolute Gasteiger partial charge is 0.295 e. The van der Waals surface area contributed by atoms with Crippen molar-refractivity contribution < 1.29 is 13.5 Å². The van der Waals surface area contributed by atoms with E-state index >= 15 is 0 Å². The van der Waals surface area contributed by atoms with Gasteiger partial charge in [0.15, 0.2) is 5.82 Å². The molecular formula is C20H19F2N5O2. The van der Waals surface area contributed by atoms with Crippen LogP contribution in [0, 0.1) is 0 Å². The molecule has 0 amide bonds. The molecule has 0 aliphatic heterocycles. The molecule has 29 heavy (non-hydrogen) atoms. The summed E-state index contributed by atoms with van der Waals surface area (Å²) in [5, 5.41) is 4.35. The molecule has 3 heterocycles. The van der Waals surface area contributed by atoms with E-state index in [9.17, 15) is 13.6 Å². The van der Waals surface area contributed by atoms with E-state index in [1.807, 2.05) is 30.5 Å². The minimum atomic E-state index is -2.82. The van der Waals surface area contributed by atoms with E-state index in [0.29, 0.717) is 12.2 Å². The van der Waals surface area contributed by atoms with E-state index in [1.54, 1.807) is 31.0 Å². The minimum absolute atomic E-state index is 0.119. The van der Waals surface area contributed by atoms with Crippen molar-refractivity contribution in [3.05, 3.63) is 64.5 Å². The zero-order chi connectivity index (χ0) is 20.5. The number of hydrogen-bond donors (Lipinski definition) is 1. The third-order valence-corrected chi connectivity index (χ3v) is 4.70. The molecule has 150 valence electrons. The number of aromatic nitrogens is 5. The van der Waals surface area contributed by atoms with Crippen LogP contribution < -0.4 is 10.3 Å². The SMILES string of the molecule is CCn1c(C(F)F)nc2cc(-c3cnn(Cc4cccc(OC)c4)c3)[nH]c2c1=O. The molecule has 9 heteroatoms. The second-order valence-electron chi connectivity index (χ2n) is 6.54. The van der Waals surface area contributed by atoms with E-state index in [2.05, 4.69) is 15.1 Å². The fourth-order valence-corrected chi connectivity index (χ4v) is 3.29. The summed E-state index contributed by atoms with van der Waals surface area (Å²) in [5.41, 5.74) is 2.24. The van der Waals surface area contributed by atoms with Gasteiger partial charge in [-0.25, -0.2) is 13.8 Å². The molecule has 0 bridgehead atoms. The molecule has 3 aromatic heterocycles. The van der Waals surface area contributed by atoms with Gasteiger partial charge in [-0.1, -0.05) is 12.1 Å². The fraction of sp³-hybridized carbons (Fsp3) is 0.250. The van der Waals surface area contributed by atoms with Gasteiger partial charge in [0.05, 0.1) is 31.1 Å². The number of alkyl halides is 2. The molecule has 0 unspecified atom stereocenters. The molecule has 0 aliphatic carbocycles. The van der Waals surface area contributed by atoms with Crippen LogP contribution in [0.5, 0.6) is 5.75 Å². The van der Waals surface area contributed by atoms with Crippen molar-refractivity contribution in [2.75, 3.05) is 7.11 Å². The van der Waals surface area contributed by atoms with E-state index < -0.39 is 17.8 Å². The molecule has 4 rings (SSSR count). The predicted octanol–water partition coefficient (Wildman–Crippen LogP) is 3.60. The van der Waals surface area contributed by atoms with Crippen LogP contribution in [0.25, 0.3) is 22.3 Å². The summed E-state index contributed by atoms with van der Waals surface area (Å²) in [6, 6.07) is 9.26. The highest BCUT2D eigenvalue weighted by molar-refractivity contribution is 5.81. The standard InChI is InChI=1S/C20H19F2N5O2/c1-3-27-19(18(21)22)25-16-8-15(24-17(16)20(27)28)13-9-23-26(11-13)10-12-5-4-6-14(7-12)29-2/h4-9,11,18,24H,3,10H2,1-2H3. The first-order chi connectivity index (χ1) is 14.0. The van der Waals surface area contributed by atoms with Crippen molar-refractivity contribution in [2.45, 2.75) is 26.4 Å². The van der Waals surface area contributed by atoms with Gasteiger partial charge in [-0.2, -0.15) is 5.10 Å². The van der Waals surface area contributed by atoms with E-state index in [0.717, 1.165) is 21.4 Å².